The fraction of sp³-hybridized carbons (Fsp3) is 0.118. The molecular weight excluding hydrogens is 350 g/mol. The number of hydrogen-bond donors (Lipinski definition) is 2. The van der Waals surface area contributed by atoms with Crippen molar-refractivity contribution < 1.29 is 4.79 Å². The van der Waals surface area contributed by atoms with Crippen LogP contribution in [0.4, 0.5) is 15.7 Å². The quantitative estimate of drug-likeness (QED) is 0.579. The summed E-state index contributed by atoms with van der Waals surface area (Å²) in [6.45, 7) is 2.02. The third-order valence-corrected chi connectivity index (χ3v) is 4.89. The van der Waals surface area contributed by atoms with Crippen LogP contribution in [0.2, 0.25) is 0 Å². The van der Waals surface area contributed by atoms with E-state index in [0.717, 1.165) is 15.8 Å². The van der Waals surface area contributed by atoms with Crippen molar-refractivity contribution in [1.82, 2.24) is 24.7 Å². The molecule has 0 unspecified atom stereocenters. The van der Waals surface area contributed by atoms with Crippen LogP contribution in [0.1, 0.15) is 5.56 Å². The Kier molecular flexibility index (Phi) is 4.05. The Labute approximate surface area is 152 Å². The third-order valence-electron chi connectivity index (χ3n) is 3.76. The summed E-state index contributed by atoms with van der Waals surface area (Å²) >= 11 is 1.44. The summed E-state index contributed by atoms with van der Waals surface area (Å²) in [5, 5.41) is 13.9. The predicted molar refractivity (Wildman–Crippen MR) is 101 cm³/mol. The van der Waals surface area contributed by atoms with Crippen LogP contribution in [0.25, 0.3) is 21.7 Å². The molecule has 3 aromatic heterocycles. The van der Waals surface area contributed by atoms with Crippen LogP contribution in [0.3, 0.4) is 0 Å². The number of carbonyl (C=O) groups excluding carboxylic acids is 1. The number of fused-ring (bicyclic) bond motifs is 1. The molecule has 130 valence electrons. The van der Waals surface area contributed by atoms with E-state index >= 15 is 0 Å². The van der Waals surface area contributed by atoms with Gasteiger partial charge in [-0.3, -0.25) is 10.6 Å². The molecule has 0 aliphatic carbocycles. The van der Waals surface area contributed by atoms with Gasteiger partial charge in [-0.05, 0) is 30.7 Å². The zero-order valence-corrected chi connectivity index (χ0v) is 14.9. The van der Waals surface area contributed by atoms with E-state index < -0.39 is 6.03 Å². The standard InChI is InChI=1S/C17H15N7OS/c1-10-5-3-6-11-14(10)26-17(20-11)22-16(25)21-13-8-4-7-12(19-13)15-23-18-9-24(15)2/h3-9H,1-2H3,(H2,19,20,21,22,25). The van der Waals surface area contributed by atoms with Gasteiger partial charge in [-0.1, -0.05) is 29.5 Å². The first-order valence-corrected chi connectivity index (χ1v) is 8.67. The first-order valence-electron chi connectivity index (χ1n) is 7.86. The van der Waals surface area contributed by atoms with Gasteiger partial charge in [-0.25, -0.2) is 14.8 Å². The topological polar surface area (TPSA) is 97.6 Å². The summed E-state index contributed by atoms with van der Waals surface area (Å²) in [6.07, 6.45) is 1.60. The summed E-state index contributed by atoms with van der Waals surface area (Å²) < 4.78 is 2.82. The molecular formula is C17H15N7OS. The van der Waals surface area contributed by atoms with Gasteiger partial charge in [-0.2, -0.15) is 0 Å². The van der Waals surface area contributed by atoms with E-state index in [1.54, 1.807) is 23.0 Å². The van der Waals surface area contributed by atoms with Gasteiger partial charge >= 0.3 is 6.03 Å². The molecule has 0 bridgehead atoms. The SMILES string of the molecule is Cc1cccc2nc(NC(=O)Nc3cccc(-c4nncn4C)n3)sc12. The monoisotopic (exact) mass is 365 g/mol. The van der Waals surface area contributed by atoms with E-state index in [0.29, 0.717) is 22.5 Å². The van der Waals surface area contributed by atoms with Crippen LogP contribution in [0.15, 0.2) is 42.7 Å². The van der Waals surface area contributed by atoms with E-state index in [2.05, 4.69) is 30.8 Å². The highest BCUT2D eigenvalue weighted by Gasteiger charge is 2.11. The Morgan fingerprint density at radius 1 is 1.12 bits per heavy atom. The number of thiazole rings is 1. The van der Waals surface area contributed by atoms with Crippen molar-refractivity contribution in [3.05, 3.63) is 48.3 Å². The van der Waals surface area contributed by atoms with Crippen molar-refractivity contribution in [3.63, 3.8) is 0 Å². The highest BCUT2D eigenvalue weighted by atomic mass is 32.1. The van der Waals surface area contributed by atoms with E-state index in [4.69, 9.17) is 0 Å². The van der Waals surface area contributed by atoms with Gasteiger partial charge in [0.05, 0.1) is 10.2 Å². The molecule has 4 aromatic rings. The molecule has 0 atom stereocenters. The molecule has 26 heavy (non-hydrogen) atoms. The van der Waals surface area contributed by atoms with Crippen molar-refractivity contribution in [3.8, 4) is 11.5 Å². The molecule has 0 spiro atoms. The van der Waals surface area contributed by atoms with Crippen molar-refractivity contribution in [2.45, 2.75) is 6.92 Å². The lowest BCUT2D eigenvalue weighted by Gasteiger charge is -2.06. The number of rotatable bonds is 3. The van der Waals surface area contributed by atoms with Crippen molar-refractivity contribution >= 4 is 38.5 Å². The van der Waals surface area contributed by atoms with Gasteiger partial charge in [0, 0.05) is 7.05 Å². The number of amides is 2. The second-order valence-electron chi connectivity index (χ2n) is 5.69. The number of pyridine rings is 1. The average Bonchev–Trinajstić information content (AvgIpc) is 3.21. The van der Waals surface area contributed by atoms with Crippen molar-refractivity contribution in [2.24, 2.45) is 7.05 Å². The maximum atomic E-state index is 12.3. The molecule has 2 N–H and O–H groups in total. The lowest BCUT2D eigenvalue weighted by Crippen LogP contribution is -2.20. The molecule has 0 aliphatic heterocycles. The number of urea groups is 1. The molecule has 8 nitrogen and oxygen atoms in total. The van der Waals surface area contributed by atoms with Crippen LogP contribution in [-0.2, 0) is 7.05 Å². The summed E-state index contributed by atoms with van der Waals surface area (Å²) in [6, 6.07) is 10.8. The van der Waals surface area contributed by atoms with Crippen LogP contribution >= 0.6 is 11.3 Å². The highest BCUT2D eigenvalue weighted by molar-refractivity contribution is 7.22. The molecule has 0 saturated carbocycles. The molecule has 3 heterocycles. The summed E-state index contributed by atoms with van der Waals surface area (Å²) in [5.74, 6) is 1.04. The first-order chi connectivity index (χ1) is 12.6. The maximum absolute atomic E-state index is 12.3. The van der Waals surface area contributed by atoms with Gasteiger partial charge < -0.3 is 4.57 Å². The Morgan fingerprint density at radius 3 is 2.73 bits per heavy atom. The van der Waals surface area contributed by atoms with Crippen LogP contribution < -0.4 is 10.6 Å². The zero-order valence-electron chi connectivity index (χ0n) is 14.1. The Balaban J connectivity index is 1.51. The van der Waals surface area contributed by atoms with Crippen LogP contribution in [0.5, 0.6) is 0 Å². The van der Waals surface area contributed by atoms with Crippen LogP contribution in [-0.4, -0.2) is 30.8 Å². The smallest absolute Gasteiger partial charge is 0.315 e. The van der Waals surface area contributed by atoms with Gasteiger partial charge in [0.1, 0.15) is 17.8 Å². The molecule has 1 aromatic carbocycles. The number of anilines is 2. The minimum Gasteiger partial charge on any atom is -0.315 e. The Bertz CT molecular complexity index is 1100. The minimum atomic E-state index is -0.399. The van der Waals surface area contributed by atoms with E-state index in [1.807, 2.05) is 38.2 Å². The average molecular weight is 365 g/mol. The summed E-state index contributed by atoms with van der Waals surface area (Å²) in [4.78, 5) is 21.1. The number of aryl methyl sites for hydroxylation is 2. The normalized spacial score (nSPS) is 10.8. The lowest BCUT2D eigenvalue weighted by molar-refractivity contribution is 0.262. The number of nitrogens with one attached hydrogen (secondary N) is 2. The van der Waals surface area contributed by atoms with Crippen molar-refractivity contribution in [2.75, 3.05) is 10.6 Å². The van der Waals surface area contributed by atoms with E-state index in [1.165, 1.54) is 11.3 Å². The number of hydrogen-bond acceptors (Lipinski definition) is 6. The Morgan fingerprint density at radius 2 is 1.96 bits per heavy atom. The second-order valence-corrected chi connectivity index (χ2v) is 6.69. The minimum absolute atomic E-state index is 0.399. The highest BCUT2D eigenvalue weighted by Crippen LogP contribution is 2.28. The second kappa shape index (κ2) is 6.52. The number of carbonyl (C=O) groups is 1. The van der Waals surface area contributed by atoms with Gasteiger partial charge in [0.15, 0.2) is 11.0 Å². The largest absolute Gasteiger partial charge is 0.326 e. The van der Waals surface area contributed by atoms with Crippen molar-refractivity contribution in [1.29, 1.82) is 0 Å². The van der Waals surface area contributed by atoms with E-state index in [9.17, 15) is 4.79 Å². The van der Waals surface area contributed by atoms with Gasteiger partial charge in [0.2, 0.25) is 0 Å². The molecule has 0 radical (unpaired) electrons. The third kappa shape index (κ3) is 3.11. The molecule has 0 saturated heterocycles. The number of nitrogens with zero attached hydrogens (tertiary/aromatic N) is 5. The Hall–Kier alpha value is -3.33. The van der Waals surface area contributed by atoms with Gasteiger partial charge in [-0.15, -0.1) is 10.2 Å². The number of aromatic nitrogens is 5. The predicted octanol–water partition coefficient (Wildman–Crippen LogP) is 3.44. The lowest BCUT2D eigenvalue weighted by atomic mass is 10.2. The summed E-state index contributed by atoms with van der Waals surface area (Å²) in [7, 11) is 1.83. The zero-order chi connectivity index (χ0) is 18.1. The van der Waals surface area contributed by atoms with Crippen LogP contribution in [0, 0.1) is 6.92 Å². The fourth-order valence-electron chi connectivity index (χ4n) is 2.53. The molecule has 0 fully saturated rings. The van der Waals surface area contributed by atoms with Gasteiger partial charge in [0.25, 0.3) is 0 Å². The molecule has 9 heteroatoms. The number of benzene rings is 1. The maximum Gasteiger partial charge on any atom is 0.326 e. The fourth-order valence-corrected chi connectivity index (χ4v) is 3.46. The summed E-state index contributed by atoms with van der Waals surface area (Å²) in [5.41, 5.74) is 2.62. The van der Waals surface area contributed by atoms with E-state index in [-0.39, 0.29) is 0 Å². The first kappa shape index (κ1) is 16.2. The molecule has 0 aliphatic rings. The molecule has 4 rings (SSSR count). The molecule has 2 amide bonds.